The summed E-state index contributed by atoms with van der Waals surface area (Å²) in [4.78, 5) is 11.4. The van der Waals surface area contributed by atoms with Crippen LogP contribution >= 0.6 is 0 Å². The number of carbonyl (C=O) groups is 1. The van der Waals surface area contributed by atoms with Crippen LogP contribution in [-0.4, -0.2) is 74.4 Å². The zero-order valence-electron chi connectivity index (χ0n) is 19.7. The molecule has 0 unspecified atom stereocenters. The first kappa shape index (κ1) is 26.6. The molecule has 0 aliphatic carbocycles. The van der Waals surface area contributed by atoms with Gasteiger partial charge in [0.1, 0.15) is 18.3 Å². The van der Waals surface area contributed by atoms with Crippen molar-refractivity contribution in [2.75, 3.05) is 7.11 Å². The number of ether oxygens (including phenoxy) is 3. The lowest BCUT2D eigenvalue weighted by molar-refractivity contribution is -0.271. The highest BCUT2D eigenvalue weighted by molar-refractivity contribution is 5.73. The molecular weight excluding hydrogens is 460 g/mol. The molecule has 1 fully saturated rings. The minimum atomic E-state index is -1.81. The molecule has 2 aromatic carbocycles. The van der Waals surface area contributed by atoms with Crippen LogP contribution in [0.4, 0.5) is 0 Å². The molecule has 10 nitrogen and oxygen atoms in total. The van der Waals surface area contributed by atoms with Crippen molar-refractivity contribution >= 4 is 5.97 Å². The van der Waals surface area contributed by atoms with Crippen molar-refractivity contribution in [1.82, 2.24) is 0 Å². The molecule has 3 rings (SSSR count). The second kappa shape index (κ2) is 11.1. The van der Waals surface area contributed by atoms with E-state index in [0.717, 1.165) is 11.1 Å². The molecule has 0 spiro atoms. The molecule has 7 atom stereocenters. The molecule has 0 saturated carbocycles. The Morgan fingerprint density at radius 3 is 2.06 bits per heavy atom. The number of carboxylic acids is 1. The number of phenolic OH excluding ortho intramolecular Hbond substituents is 2. The topological polar surface area (TPSA) is 166 Å². The minimum Gasteiger partial charge on any atom is -0.504 e. The summed E-state index contributed by atoms with van der Waals surface area (Å²) in [5, 5.41) is 58.7. The second-order valence-corrected chi connectivity index (χ2v) is 9.02. The van der Waals surface area contributed by atoms with Crippen LogP contribution in [-0.2, 0) is 22.4 Å². The maximum Gasteiger partial charge on any atom is 0.335 e. The Kier molecular flexibility index (Phi) is 8.44. The van der Waals surface area contributed by atoms with Crippen LogP contribution in [0.3, 0.4) is 0 Å². The minimum absolute atomic E-state index is 0.158. The summed E-state index contributed by atoms with van der Waals surface area (Å²) < 4.78 is 16.2. The Hall–Kier alpha value is -3.05. The van der Waals surface area contributed by atoms with Gasteiger partial charge in [-0.1, -0.05) is 26.0 Å². The monoisotopic (exact) mass is 492 g/mol. The lowest BCUT2D eigenvalue weighted by Crippen LogP contribution is -2.61. The summed E-state index contributed by atoms with van der Waals surface area (Å²) in [6.07, 6.45) is -7.25. The molecule has 0 aromatic heterocycles. The van der Waals surface area contributed by atoms with Crippen LogP contribution in [0.2, 0.25) is 0 Å². The van der Waals surface area contributed by atoms with Crippen molar-refractivity contribution < 1.29 is 49.6 Å². The van der Waals surface area contributed by atoms with Crippen LogP contribution in [0.15, 0.2) is 36.4 Å². The normalized spacial score (nSPS) is 26.1. The number of aliphatic hydroxyl groups excluding tert-OH is 3. The Bertz CT molecular complexity index is 1030. The number of carboxylic acid groups (broad SMARTS) is 1. The number of rotatable bonds is 9. The molecule has 192 valence electrons. The van der Waals surface area contributed by atoms with E-state index in [2.05, 4.69) is 13.8 Å². The van der Waals surface area contributed by atoms with E-state index in [0.29, 0.717) is 18.6 Å². The summed E-state index contributed by atoms with van der Waals surface area (Å²) in [6, 6.07) is 10.00. The Labute approximate surface area is 202 Å². The first-order valence-corrected chi connectivity index (χ1v) is 11.3. The largest absolute Gasteiger partial charge is 0.504 e. The summed E-state index contributed by atoms with van der Waals surface area (Å²) in [6.45, 7) is 4.17. The number of aliphatic hydroxyl groups is 3. The number of methoxy groups -OCH3 is 1. The molecule has 0 radical (unpaired) electrons. The van der Waals surface area contributed by atoms with Crippen LogP contribution in [0.1, 0.15) is 25.0 Å². The average molecular weight is 493 g/mol. The number of phenols is 2. The van der Waals surface area contributed by atoms with Gasteiger partial charge in [0.05, 0.1) is 7.11 Å². The molecule has 1 heterocycles. The maximum absolute atomic E-state index is 11.4. The zero-order valence-corrected chi connectivity index (χ0v) is 19.7. The highest BCUT2D eigenvalue weighted by atomic mass is 16.7. The highest BCUT2D eigenvalue weighted by Crippen LogP contribution is 2.34. The zero-order chi connectivity index (χ0) is 25.9. The van der Waals surface area contributed by atoms with Gasteiger partial charge in [-0.2, -0.15) is 0 Å². The third kappa shape index (κ3) is 6.15. The smallest absolute Gasteiger partial charge is 0.335 e. The maximum atomic E-state index is 11.4. The van der Waals surface area contributed by atoms with Crippen molar-refractivity contribution in [1.29, 1.82) is 0 Å². The van der Waals surface area contributed by atoms with Gasteiger partial charge in [0.2, 0.25) is 6.29 Å². The van der Waals surface area contributed by atoms with Crippen molar-refractivity contribution in [3.8, 4) is 23.0 Å². The molecule has 35 heavy (non-hydrogen) atoms. The van der Waals surface area contributed by atoms with E-state index >= 15 is 0 Å². The van der Waals surface area contributed by atoms with E-state index in [1.807, 2.05) is 6.07 Å². The predicted molar refractivity (Wildman–Crippen MR) is 123 cm³/mol. The van der Waals surface area contributed by atoms with Gasteiger partial charge in [-0.05, 0) is 60.1 Å². The van der Waals surface area contributed by atoms with Gasteiger partial charge in [-0.15, -0.1) is 0 Å². The van der Waals surface area contributed by atoms with E-state index in [4.69, 9.17) is 14.2 Å². The number of aliphatic carboxylic acids is 1. The molecule has 2 aromatic rings. The van der Waals surface area contributed by atoms with Gasteiger partial charge in [0.25, 0.3) is 0 Å². The van der Waals surface area contributed by atoms with E-state index < -0.39 is 36.7 Å². The fourth-order valence-corrected chi connectivity index (χ4v) is 4.06. The fourth-order valence-electron chi connectivity index (χ4n) is 4.06. The fraction of sp³-hybridized carbons (Fsp3) is 0.480. The molecule has 0 bridgehead atoms. The predicted octanol–water partition coefficient (Wildman–Crippen LogP) is 1.43. The van der Waals surface area contributed by atoms with Crippen molar-refractivity contribution in [2.24, 2.45) is 11.8 Å². The van der Waals surface area contributed by atoms with Gasteiger partial charge >= 0.3 is 5.97 Å². The number of hydrogen-bond acceptors (Lipinski definition) is 9. The van der Waals surface area contributed by atoms with Crippen molar-refractivity contribution in [3.63, 3.8) is 0 Å². The van der Waals surface area contributed by atoms with Gasteiger partial charge in [-0.25, -0.2) is 4.79 Å². The average Bonchev–Trinajstić information content (AvgIpc) is 2.81. The van der Waals surface area contributed by atoms with Crippen LogP contribution < -0.4 is 9.47 Å². The number of benzene rings is 2. The van der Waals surface area contributed by atoms with Crippen molar-refractivity contribution in [2.45, 2.75) is 57.4 Å². The van der Waals surface area contributed by atoms with Gasteiger partial charge in [-0.3, -0.25) is 0 Å². The van der Waals surface area contributed by atoms with Crippen molar-refractivity contribution in [3.05, 3.63) is 47.5 Å². The summed E-state index contributed by atoms with van der Waals surface area (Å²) in [5.41, 5.74) is 1.78. The number of aromatic hydroxyl groups is 2. The first-order chi connectivity index (χ1) is 16.5. The second-order valence-electron chi connectivity index (χ2n) is 9.02. The van der Waals surface area contributed by atoms with Crippen LogP contribution in [0, 0.1) is 11.8 Å². The molecule has 6 N–H and O–H groups in total. The quantitative estimate of drug-likeness (QED) is 0.282. The molecule has 10 heteroatoms. The lowest BCUT2D eigenvalue weighted by Gasteiger charge is -2.38. The Morgan fingerprint density at radius 1 is 0.886 bits per heavy atom. The van der Waals surface area contributed by atoms with E-state index in [1.165, 1.54) is 13.2 Å². The SMILES string of the molecule is COc1ccc(C[C@H](C)[C@H](C)Cc2ccc(O)c(O)c2)cc1O[C@@H]1O[C@H](C(=O)O)[C@@H](O)[C@H](O)[C@H]1O. The first-order valence-electron chi connectivity index (χ1n) is 11.3. The van der Waals surface area contributed by atoms with Crippen LogP contribution in [0.5, 0.6) is 23.0 Å². The summed E-state index contributed by atoms with van der Waals surface area (Å²) >= 11 is 0. The van der Waals surface area contributed by atoms with Gasteiger partial charge in [0, 0.05) is 0 Å². The van der Waals surface area contributed by atoms with E-state index in [-0.39, 0.29) is 29.1 Å². The highest BCUT2D eigenvalue weighted by Gasteiger charge is 2.48. The lowest BCUT2D eigenvalue weighted by atomic mass is 9.85. The third-order valence-electron chi connectivity index (χ3n) is 6.41. The molecule has 1 saturated heterocycles. The molecule has 1 aliphatic rings. The summed E-state index contributed by atoms with van der Waals surface area (Å²) in [7, 11) is 1.43. The van der Waals surface area contributed by atoms with E-state index in [1.54, 1.807) is 24.3 Å². The Balaban J connectivity index is 1.73. The van der Waals surface area contributed by atoms with E-state index in [9.17, 15) is 35.4 Å². The van der Waals surface area contributed by atoms with Gasteiger partial charge < -0.3 is 44.8 Å². The molecule has 0 amide bonds. The molecule has 1 aliphatic heterocycles. The standard InChI is InChI=1S/C25H32O10/c1-12(8-14-4-6-16(26)17(27)10-14)13(2)9-15-5-7-18(33-3)19(11-15)34-25-22(30)20(28)21(29)23(35-25)24(31)32/h4-7,10-13,20-23,25-30H,8-9H2,1-3H3,(H,31,32)/t12-,13+,20+,21+,22-,23+,25-/m1/s1. The van der Waals surface area contributed by atoms with Gasteiger partial charge in [0.15, 0.2) is 29.1 Å². The van der Waals surface area contributed by atoms with Crippen LogP contribution in [0.25, 0.3) is 0 Å². The Morgan fingerprint density at radius 2 is 1.49 bits per heavy atom. The summed E-state index contributed by atoms with van der Waals surface area (Å²) in [5.74, 6) is -0.887. The third-order valence-corrected chi connectivity index (χ3v) is 6.41. The number of hydrogen-bond donors (Lipinski definition) is 6. The molecular formula is C25H32O10.